The van der Waals surface area contributed by atoms with Gasteiger partial charge in [0, 0.05) is 18.5 Å². The van der Waals surface area contributed by atoms with Gasteiger partial charge in [0.25, 0.3) is 0 Å². The highest BCUT2D eigenvalue weighted by molar-refractivity contribution is 5.97. The Labute approximate surface area is 187 Å². The number of fused-ring (bicyclic) bond motifs is 1. The largest absolute Gasteiger partial charge is 0.478 e. The summed E-state index contributed by atoms with van der Waals surface area (Å²) in [6.45, 7) is 4.39. The molecular formula is C27H26N2O3. The number of imidazole rings is 1. The van der Waals surface area contributed by atoms with E-state index in [2.05, 4.69) is 11.5 Å². The van der Waals surface area contributed by atoms with Crippen molar-refractivity contribution in [2.45, 2.75) is 39.7 Å². The predicted molar refractivity (Wildman–Crippen MR) is 126 cm³/mol. The van der Waals surface area contributed by atoms with Crippen molar-refractivity contribution < 1.29 is 14.7 Å². The Bertz CT molecular complexity index is 1290. The summed E-state index contributed by atoms with van der Waals surface area (Å²) in [5.41, 5.74) is 5.51. The van der Waals surface area contributed by atoms with Crippen LogP contribution in [0.3, 0.4) is 0 Å². The number of hydrogen-bond acceptors (Lipinski definition) is 3. The van der Waals surface area contributed by atoms with Gasteiger partial charge in [0.2, 0.25) is 0 Å². The molecule has 4 rings (SSSR count). The molecule has 0 fully saturated rings. The van der Waals surface area contributed by atoms with Crippen LogP contribution in [0.4, 0.5) is 0 Å². The van der Waals surface area contributed by atoms with Crippen LogP contribution in [0, 0.1) is 0 Å². The summed E-state index contributed by atoms with van der Waals surface area (Å²) < 4.78 is 2.22. The predicted octanol–water partition coefficient (Wildman–Crippen LogP) is 6.00. The number of aryl methyl sites for hydroxylation is 1. The highest BCUT2D eigenvalue weighted by atomic mass is 16.4. The van der Waals surface area contributed by atoms with Gasteiger partial charge in [-0.05, 0) is 54.3 Å². The van der Waals surface area contributed by atoms with E-state index in [1.165, 1.54) is 0 Å². The van der Waals surface area contributed by atoms with Crippen LogP contribution in [0.5, 0.6) is 0 Å². The Kier molecular flexibility index (Phi) is 6.17. The number of benzene rings is 3. The summed E-state index contributed by atoms with van der Waals surface area (Å²) in [6.07, 6.45) is 3.01. The first-order valence-corrected chi connectivity index (χ1v) is 10.9. The zero-order chi connectivity index (χ0) is 22.7. The molecule has 0 unspecified atom stereocenters. The lowest BCUT2D eigenvalue weighted by atomic mass is 9.99. The highest BCUT2D eigenvalue weighted by Crippen LogP contribution is 2.26. The van der Waals surface area contributed by atoms with Crippen LogP contribution in [0.15, 0.2) is 66.7 Å². The van der Waals surface area contributed by atoms with Gasteiger partial charge in [-0.3, -0.25) is 4.79 Å². The Balaban J connectivity index is 1.68. The summed E-state index contributed by atoms with van der Waals surface area (Å²) in [5.74, 6) is 0.122. The van der Waals surface area contributed by atoms with Gasteiger partial charge in [-0.25, -0.2) is 9.78 Å². The first kappa shape index (κ1) is 21.5. The van der Waals surface area contributed by atoms with Gasteiger partial charge in [-0.2, -0.15) is 0 Å². The third-order valence-electron chi connectivity index (χ3n) is 5.75. The average molecular weight is 427 g/mol. The number of rotatable bonds is 8. The number of ketones is 1. The average Bonchev–Trinajstić information content (AvgIpc) is 3.14. The van der Waals surface area contributed by atoms with Crippen molar-refractivity contribution in [3.8, 4) is 11.1 Å². The van der Waals surface area contributed by atoms with Gasteiger partial charge in [-0.1, -0.05) is 55.8 Å². The normalized spacial score (nSPS) is 11.1. The van der Waals surface area contributed by atoms with E-state index in [-0.39, 0.29) is 5.78 Å². The number of aromatic nitrogens is 2. The third kappa shape index (κ3) is 4.33. The van der Waals surface area contributed by atoms with Crippen molar-refractivity contribution >= 4 is 22.8 Å². The second-order valence-electron chi connectivity index (χ2n) is 8.03. The molecule has 1 aromatic heterocycles. The maximum Gasteiger partial charge on any atom is 0.336 e. The quantitative estimate of drug-likeness (QED) is 0.351. The Morgan fingerprint density at radius 3 is 2.44 bits per heavy atom. The molecule has 1 heterocycles. The Morgan fingerprint density at radius 2 is 1.75 bits per heavy atom. The molecule has 4 aromatic rings. The minimum Gasteiger partial charge on any atom is -0.478 e. The van der Waals surface area contributed by atoms with Crippen molar-refractivity contribution in [1.82, 2.24) is 9.55 Å². The van der Waals surface area contributed by atoms with Gasteiger partial charge in [-0.15, -0.1) is 0 Å². The van der Waals surface area contributed by atoms with Crippen LogP contribution in [0.1, 0.15) is 58.8 Å². The number of carbonyl (C=O) groups is 2. The van der Waals surface area contributed by atoms with E-state index in [1.807, 2.05) is 54.6 Å². The third-order valence-corrected chi connectivity index (χ3v) is 5.75. The number of carboxylic acid groups (broad SMARTS) is 1. The Morgan fingerprint density at radius 1 is 1.00 bits per heavy atom. The second kappa shape index (κ2) is 9.18. The molecule has 0 aliphatic rings. The molecule has 0 aliphatic heterocycles. The van der Waals surface area contributed by atoms with E-state index >= 15 is 0 Å². The highest BCUT2D eigenvalue weighted by Gasteiger charge is 2.14. The van der Waals surface area contributed by atoms with Gasteiger partial charge in [0.05, 0.1) is 16.6 Å². The number of aromatic carboxylic acids is 1. The fourth-order valence-electron chi connectivity index (χ4n) is 3.99. The van der Waals surface area contributed by atoms with E-state index in [1.54, 1.807) is 19.1 Å². The lowest BCUT2D eigenvalue weighted by Gasteiger charge is -2.11. The summed E-state index contributed by atoms with van der Waals surface area (Å²) in [6, 6.07) is 20.8. The molecule has 5 heteroatoms. The maximum absolute atomic E-state index is 11.8. The molecule has 1 N–H and O–H groups in total. The SMILES string of the molecule is CCCCc1nc2cc(C(C)=O)ccc2n1Cc1ccc(-c2ccccc2C(=O)O)cc1. The van der Waals surface area contributed by atoms with Crippen molar-refractivity contribution in [1.29, 1.82) is 0 Å². The fourth-order valence-corrected chi connectivity index (χ4v) is 3.99. The zero-order valence-corrected chi connectivity index (χ0v) is 18.3. The smallest absolute Gasteiger partial charge is 0.336 e. The summed E-state index contributed by atoms with van der Waals surface area (Å²) in [4.78, 5) is 28.2. The van der Waals surface area contributed by atoms with Gasteiger partial charge in [0.15, 0.2) is 5.78 Å². The maximum atomic E-state index is 11.8. The molecule has 0 spiro atoms. The minimum atomic E-state index is -0.931. The van der Waals surface area contributed by atoms with Crippen LogP contribution in [-0.4, -0.2) is 26.4 Å². The number of Topliss-reactive ketones (excluding diaryl/α,β-unsaturated/α-hetero) is 1. The number of carboxylic acids is 1. The van der Waals surface area contributed by atoms with E-state index in [0.717, 1.165) is 47.2 Å². The molecule has 0 amide bonds. The molecule has 0 aliphatic carbocycles. The van der Waals surface area contributed by atoms with E-state index in [0.29, 0.717) is 23.2 Å². The number of nitrogens with zero attached hydrogens (tertiary/aromatic N) is 2. The van der Waals surface area contributed by atoms with Crippen molar-refractivity contribution in [2.75, 3.05) is 0 Å². The molecule has 5 nitrogen and oxygen atoms in total. The monoisotopic (exact) mass is 426 g/mol. The van der Waals surface area contributed by atoms with Crippen molar-refractivity contribution in [3.05, 3.63) is 89.2 Å². The lowest BCUT2D eigenvalue weighted by molar-refractivity contribution is 0.0697. The lowest BCUT2D eigenvalue weighted by Crippen LogP contribution is -2.05. The van der Waals surface area contributed by atoms with Gasteiger partial charge >= 0.3 is 5.97 Å². The van der Waals surface area contributed by atoms with Crippen LogP contribution >= 0.6 is 0 Å². The van der Waals surface area contributed by atoms with E-state index < -0.39 is 5.97 Å². The van der Waals surface area contributed by atoms with Crippen LogP contribution < -0.4 is 0 Å². The molecule has 0 bridgehead atoms. The molecular weight excluding hydrogens is 400 g/mol. The second-order valence-corrected chi connectivity index (χ2v) is 8.03. The summed E-state index contributed by atoms with van der Waals surface area (Å²) in [7, 11) is 0. The van der Waals surface area contributed by atoms with Crippen molar-refractivity contribution in [3.63, 3.8) is 0 Å². The standard InChI is InChI=1S/C27H26N2O3/c1-3-4-9-26-28-24-16-21(18(2)30)14-15-25(24)29(26)17-19-10-12-20(13-11-19)22-7-5-6-8-23(22)27(31)32/h5-8,10-16H,3-4,9,17H2,1-2H3,(H,31,32). The van der Waals surface area contributed by atoms with Crippen molar-refractivity contribution in [2.24, 2.45) is 0 Å². The molecule has 162 valence electrons. The zero-order valence-electron chi connectivity index (χ0n) is 18.3. The Hall–Kier alpha value is -3.73. The number of hydrogen-bond donors (Lipinski definition) is 1. The molecule has 0 atom stereocenters. The van der Waals surface area contributed by atoms with Crippen LogP contribution in [0.2, 0.25) is 0 Å². The first-order chi connectivity index (χ1) is 15.5. The molecule has 0 saturated heterocycles. The van der Waals surface area contributed by atoms with Gasteiger partial charge in [0.1, 0.15) is 5.82 Å². The minimum absolute atomic E-state index is 0.0359. The van der Waals surface area contributed by atoms with E-state index in [4.69, 9.17) is 4.98 Å². The molecule has 32 heavy (non-hydrogen) atoms. The molecule has 0 radical (unpaired) electrons. The first-order valence-electron chi connectivity index (χ1n) is 10.9. The van der Waals surface area contributed by atoms with Crippen LogP contribution in [0.25, 0.3) is 22.2 Å². The summed E-state index contributed by atoms with van der Waals surface area (Å²) >= 11 is 0. The molecule has 0 saturated carbocycles. The van der Waals surface area contributed by atoms with Gasteiger partial charge < -0.3 is 9.67 Å². The molecule has 3 aromatic carbocycles. The fraction of sp³-hybridized carbons (Fsp3) is 0.222. The van der Waals surface area contributed by atoms with E-state index in [9.17, 15) is 14.7 Å². The number of unbranched alkanes of at least 4 members (excludes halogenated alkanes) is 1. The topological polar surface area (TPSA) is 72.2 Å². The summed E-state index contributed by atoms with van der Waals surface area (Å²) in [5, 5.41) is 9.48. The number of carbonyl (C=O) groups excluding carboxylic acids is 1. The van der Waals surface area contributed by atoms with Crippen LogP contribution in [-0.2, 0) is 13.0 Å².